The van der Waals surface area contributed by atoms with E-state index in [1.165, 1.54) is 13.3 Å². The maximum absolute atomic E-state index is 12.6. The SMILES string of the molecule is CCCOc1ccc(C(=O)N/N=C/c2cc(Br)c(OCc3cccc4ccccc34)c(OC)c2)cc1OC. The first-order valence-electron chi connectivity index (χ1n) is 12.1. The van der Waals surface area contributed by atoms with Gasteiger partial charge in [-0.05, 0) is 74.6 Å². The number of hydrogen-bond acceptors (Lipinski definition) is 6. The van der Waals surface area contributed by atoms with Crippen molar-refractivity contribution in [2.24, 2.45) is 5.10 Å². The Bertz CT molecular complexity index is 1450. The highest BCUT2D eigenvalue weighted by Gasteiger charge is 2.13. The zero-order chi connectivity index (χ0) is 26.9. The van der Waals surface area contributed by atoms with E-state index in [0.717, 1.165) is 22.8 Å². The molecule has 0 radical (unpaired) electrons. The summed E-state index contributed by atoms with van der Waals surface area (Å²) in [6, 6.07) is 23.0. The fourth-order valence-corrected chi connectivity index (χ4v) is 4.47. The fraction of sp³-hybridized carbons (Fsp3) is 0.200. The highest BCUT2D eigenvalue weighted by molar-refractivity contribution is 9.10. The van der Waals surface area contributed by atoms with Crippen LogP contribution >= 0.6 is 15.9 Å². The molecule has 4 aromatic carbocycles. The molecule has 0 aliphatic rings. The number of rotatable bonds is 11. The summed E-state index contributed by atoms with van der Waals surface area (Å²) in [5.74, 6) is 1.83. The van der Waals surface area contributed by atoms with Crippen LogP contribution in [0.5, 0.6) is 23.0 Å². The van der Waals surface area contributed by atoms with E-state index in [4.69, 9.17) is 18.9 Å². The van der Waals surface area contributed by atoms with E-state index in [9.17, 15) is 4.79 Å². The zero-order valence-electron chi connectivity index (χ0n) is 21.5. The molecule has 0 bridgehead atoms. The Kier molecular flexibility index (Phi) is 9.21. The van der Waals surface area contributed by atoms with Crippen molar-refractivity contribution >= 4 is 38.8 Å². The third kappa shape index (κ3) is 6.44. The van der Waals surface area contributed by atoms with Crippen molar-refractivity contribution in [3.05, 3.63) is 94.0 Å². The van der Waals surface area contributed by atoms with Crippen LogP contribution in [-0.2, 0) is 6.61 Å². The van der Waals surface area contributed by atoms with Crippen molar-refractivity contribution in [2.75, 3.05) is 20.8 Å². The number of methoxy groups -OCH3 is 2. The molecule has 0 aromatic heterocycles. The van der Waals surface area contributed by atoms with Gasteiger partial charge in [0.25, 0.3) is 5.91 Å². The summed E-state index contributed by atoms with van der Waals surface area (Å²) in [7, 11) is 3.12. The molecule has 0 aliphatic carbocycles. The van der Waals surface area contributed by atoms with Crippen LogP contribution in [0.4, 0.5) is 0 Å². The van der Waals surface area contributed by atoms with Crippen molar-refractivity contribution in [3.8, 4) is 23.0 Å². The Morgan fingerprint density at radius 3 is 2.50 bits per heavy atom. The number of benzene rings is 4. The summed E-state index contributed by atoms with van der Waals surface area (Å²) in [5.41, 5.74) is 4.74. The molecule has 0 saturated heterocycles. The number of hydrogen-bond donors (Lipinski definition) is 1. The first kappa shape index (κ1) is 27.0. The van der Waals surface area contributed by atoms with E-state index in [2.05, 4.69) is 44.7 Å². The second kappa shape index (κ2) is 13.0. The Labute approximate surface area is 230 Å². The molecule has 4 aromatic rings. The maximum atomic E-state index is 12.6. The van der Waals surface area contributed by atoms with Crippen LogP contribution in [0.2, 0.25) is 0 Å². The lowest BCUT2D eigenvalue weighted by molar-refractivity contribution is 0.0954. The predicted molar refractivity (Wildman–Crippen MR) is 153 cm³/mol. The molecular weight excluding hydrogens is 548 g/mol. The molecular formula is C30H29BrN2O5. The van der Waals surface area contributed by atoms with E-state index in [-0.39, 0.29) is 5.91 Å². The Morgan fingerprint density at radius 2 is 1.71 bits per heavy atom. The minimum absolute atomic E-state index is 0.373. The van der Waals surface area contributed by atoms with Crippen molar-refractivity contribution in [2.45, 2.75) is 20.0 Å². The Morgan fingerprint density at radius 1 is 0.921 bits per heavy atom. The summed E-state index contributed by atoms with van der Waals surface area (Å²) in [4.78, 5) is 12.6. The minimum atomic E-state index is -0.373. The number of hydrazone groups is 1. The van der Waals surface area contributed by atoms with E-state index >= 15 is 0 Å². The molecule has 196 valence electrons. The zero-order valence-corrected chi connectivity index (χ0v) is 23.1. The van der Waals surface area contributed by atoms with Crippen molar-refractivity contribution in [1.29, 1.82) is 0 Å². The van der Waals surface area contributed by atoms with Gasteiger partial charge in [0.15, 0.2) is 23.0 Å². The van der Waals surface area contributed by atoms with Gasteiger partial charge >= 0.3 is 0 Å². The second-order valence-corrected chi connectivity index (χ2v) is 9.23. The van der Waals surface area contributed by atoms with E-state index in [0.29, 0.717) is 51.8 Å². The number of ether oxygens (including phenoxy) is 4. The molecule has 0 spiro atoms. The molecule has 0 fully saturated rings. The molecule has 38 heavy (non-hydrogen) atoms. The second-order valence-electron chi connectivity index (χ2n) is 8.37. The molecule has 0 unspecified atom stereocenters. The molecule has 8 heteroatoms. The van der Waals surface area contributed by atoms with Gasteiger partial charge in [-0.1, -0.05) is 49.4 Å². The van der Waals surface area contributed by atoms with Crippen LogP contribution < -0.4 is 24.4 Å². The summed E-state index contributed by atoms with van der Waals surface area (Å²) in [6.07, 6.45) is 2.41. The standard InChI is InChI=1S/C30H29BrN2O5/c1-4-14-37-26-13-12-22(17-27(26)35-2)30(34)33-32-18-20-15-25(31)29(28(16-20)36-3)38-19-23-10-7-9-21-8-5-6-11-24(21)23/h5-13,15-18H,4,14,19H2,1-3H3,(H,33,34)/b32-18+. The first-order chi connectivity index (χ1) is 18.5. The van der Waals surface area contributed by atoms with Gasteiger partial charge in [-0.25, -0.2) is 5.43 Å². The highest BCUT2D eigenvalue weighted by atomic mass is 79.9. The summed E-state index contributed by atoms with van der Waals surface area (Å²) >= 11 is 3.58. The van der Waals surface area contributed by atoms with Crippen LogP contribution in [0.25, 0.3) is 10.8 Å². The Hall–Kier alpha value is -4.04. The third-order valence-corrected chi connectivity index (χ3v) is 6.36. The minimum Gasteiger partial charge on any atom is -0.493 e. The highest BCUT2D eigenvalue weighted by Crippen LogP contribution is 2.37. The number of nitrogens with one attached hydrogen (secondary N) is 1. The summed E-state index contributed by atoms with van der Waals surface area (Å²) < 4.78 is 23.4. The third-order valence-electron chi connectivity index (χ3n) is 5.77. The summed E-state index contributed by atoms with van der Waals surface area (Å²) in [6.45, 7) is 2.97. The number of fused-ring (bicyclic) bond motifs is 1. The molecule has 0 aliphatic heterocycles. The van der Waals surface area contributed by atoms with Gasteiger partial charge in [0.05, 0.1) is 31.5 Å². The quantitative estimate of drug-likeness (QED) is 0.158. The van der Waals surface area contributed by atoms with Gasteiger partial charge in [-0.15, -0.1) is 0 Å². The van der Waals surface area contributed by atoms with Crippen molar-refractivity contribution in [1.82, 2.24) is 5.43 Å². The van der Waals surface area contributed by atoms with Gasteiger partial charge in [-0.2, -0.15) is 5.10 Å². The normalized spacial score (nSPS) is 10.9. The lowest BCUT2D eigenvalue weighted by atomic mass is 10.1. The number of nitrogens with zero attached hydrogens (tertiary/aromatic N) is 1. The first-order valence-corrected chi connectivity index (χ1v) is 12.9. The Balaban J connectivity index is 1.44. The van der Waals surface area contributed by atoms with Gasteiger partial charge in [0.1, 0.15) is 6.61 Å². The molecule has 0 heterocycles. The monoisotopic (exact) mass is 576 g/mol. The molecule has 1 N–H and O–H groups in total. The van der Waals surface area contributed by atoms with Crippen LogP contribution in [0.3, 0.4) is 0 Å². The number of carbonyl (C=O) groups excluding carboxylic acids is 1. The lowest BCUT2D eigenvalue weighted by Crippen LogP contribution is -2.17. The van der Waals surface area contributed by atoms with Crippen LogP contribution in [-0.4, -0.2) is 32.9 Å². The van der Waals surface area contributed by atoms with E-state index in [1.807, 2.05) is 37.3 Å². The van der Waals surface area contributed by atoms with Crippen LogP contribution in [0, 0.1) is 0 Å². The number of carbonyl (C=O) groups is 1. The largest absolute Gasteiger partial charge is 0.493 e. The fourth-order valence-electron chi connectivity index (χ4n) is 3.89. The van der Waals surface area contributed by atoms with Gasteiger partial charge in [-0.3, -0.25) is 4.79 Å². The van der Waals surface area contributed by atoms with Crippen molar-refractivity contribution in [3.63, 3.8) is 0 Å². The van der Waals surface area contributed by atoms with Gasteiger partial charge < -0.3 is 18.9 Å². The lowest BCUT2D eigenvalue weighted by Gasteiger charge is -2.14. The van der Waals surface area contributed by atoms with Crippen LogP contribution in [0.1, 0.15) is 34.8 Å². The summed E-state index contributed by atoms with van der Waals surface area (Å²) in [5, 5.41) is 6.41. The maximum Gasteiger partial charge on any atom is 0.271 e. The molecule has 4 rings (SSSR count). The average Bonchev–Trinajstić information content (AvgIpc) is 2.95. The molecule has 7 nitrogen and oxygen atoms in total. The average molecular weight is 577 g/mol. The number of halogens is 1. The van der Waals surface area contributed by atoms with Crippen molar-refractivity contribution < 1.29 is 23.7 Å². The van der Waals surface area contributed by atoms with Gasteiger partial charge in [0, 0.05) is 5.56 Å². The molecule has 0 saturated carbocycles. The number of amides is 1. The van der Waals surface area contributed by atoms with E-state index in [1.54, 1.807) is 31.4 Å². The molecule has 0 atom stereocenters. The van der Waals surface area contributed by atoms with Gasteiger partial charge in [0.2, 0.25) is 0 Å². The molecule has 1 amide bonds. The van der Waals surface area contributed by atoms with E-state index < -0.39 is 0 Å². The van der Waals surface area contributed by atoms with Crippen LogP contribution in [0.15, 0.2) is 82.4 Å². The predicted octanol–water partition coefficient (Wildman–Crippen LogP) is 6.75. The smallest absolute Gasteiger partial charge is 0.271 e. The topological polar surface area (TPSA) is 78.4 Å².